The lowest BCUT2D eigenvalue weighted by atomic mass is 10.1. The maximum absolute atomic E-state index is 5.10. The van der Waals surface area contributed by atoms with Gasteiger partial charge in [0.1, 0.15) is 5.65 Å². The van der Waals surface area contributed by atoms with Crippen molar-refractivity contribution >= 4 is 38.2 Å². The first-order chi connectivity index (χ1) is 24.7. The Labute approximate surface area is 287 Å². The van der Waals surface area contributed by atoms with Crippen molar-refractivity contribution in [3.05, 3.63) is 170 Å². The van der Waals surface area contributed by atoms with E-state index in [0.29, 0.717) is 17.5 Å². The van der Waals surface area contributed by atoms with Gasteiger partial charge in [0, 0.05) is 51.1 Å². The minimum atomic E-state index is 0.624. The molecule has 0 atom stereocenters. The summed E-state index contributed by atoms with van der Waals surface area (Å²) in [4.78, 5) is 20.1. The van der Waals surface area contributed by atoms with Crippen LogP contribution < -0.4 is 0 Å². The number of para-hydroxylation sites is 1. The largest absolute Gasteiger partial charge is 0.309 e. The van der Waals surface area contributed by atoms with Gasteiger partial charge in [0.05, 0.1) is 16.7 Å². The summed E-state index contributed by atoms with van der Waals surface area (Å²) in [6, 6.07) is 54.6. The predicted molar refractivity (Wildman–Crippen MR) is 202 cm³/mol. The van der Waals surface area contributed by atoms with Crippen LogP contribution in [0.5, 0.6) is 0 Å². The minimum absolute atomic E-state index is 0.624. The van der Waals surface area contributed by atoms with Crippen molar-refractivity contribution < 1.29 is 0 Å². The summed E-state index contributed by atoms with van der Waals surface area (Å²) in [5.74, 6) is 1.90. The smallest absolute Gasteiger partial charge is 0.164 e. The Morgan fingerprint density at radius 2 is 0.980 bits per heavy atom. The second-order valence-electron chi connectivity index (χ2n) is 12.5. The van der Waals surface area contributed by atoms with Crippen molar-refractivity contribution in [2.45, 2.75) is 0 Å². The first-order valence-corrected chi connectivity index (χ1v) is 16.6. The fraction of sp³-hybridized carbons (Fsp3) is 0. The lowest BCUT2D eigenvalue weighted by Gasteiger charge is -2.11. The molecule has 0 aliphatic carbocycles. The molecule has 10 aromatic rings. The van der Waals surface area contributed by atoms with E-state index in [4.69, 9.17) is 19.9 Å². The molecule has 0 saturated carbocycles. The SMILES string of the molecule is c1ccc(-c2nc(-c3ccc4ccccc4c3)nc(-c3ccc4c5ccc(-c6cn7ccccc7n6)cc5n(-c5ccccc5)c4c3)n2)cc1. The molecular formula is C44H28N6. The van der Waals surface area contributed by atoms with Gasteiger partial charge < -0.3 is 8.97 Å². The molecule has 0 aliphatic heterocycles. The molecule has 0 bridgehead atoms. The van der Waals surface area contributed by atoms with Crippen LogP contribution >= 0.6 is 0 Å². The third-order valence-electron chi connectivity index (χ3n) is 9.37. The number of hydrogen-bond acceptors (Lipinski definition) is 4. The zero-order valence-corrected chi connectivity index (χ0v) is 26.8. The van der Waals surface area contributed by atoms with Crippen molar-refractivity contribution in [1.29, 1.82) is 0 Å². The van der Waals surface area contributed by atoms with Gasteiger partial charge in [-0.25, -0.2) is 19.9 Å². The van der Waals surface area contributed by atoms with Gasteiger partial charge in [-0.15, -0.1) is 0 Å². The number of rotatable bonds is 5. The second kappa shape index (κ2) is 11.4. The van der Waals surface area contributed by atoms with E-state index in [2.05, 4.69) is 124 Å². The molecule has 6 heteroatoms. The molecule has 4 heterocycles. The summed E-state index contributed by atoms with van der Waals surface area (Å²) < 4.78 is 4.39. The summed E-state index contributed by atoms with van der Waals surface area (Å²) in [7, 11) is 0. The van der Waals surface area contributed by atoms with Crippen LogP contribution in [0.4, 0.5) is 0 Å². The number of aromatic nitrogens is 6. The quantitative estimate of drug-likeness (QED) is 0.188. The number of benzene rings is 6. The van der Waals surface area contributed by atoms with Gasteiger partial charge in [0.25, 0.3) is 0 Å². The van der Waals surface area contributed by atoms with Gasteiger partial charge in [-0.2, -0.15) is 0 Å². The van der Waals surface area contributed by atoms with E-state index >= 15 is 0 Å². The molecule has 0 spiro atoms. The van der Waals surface area contributed by atoms with Crippen LogP contribution in [0.3, 0.4) is 0 Å². The molecule has 10 rings (SSSR count). The molecule has 0 aliphatic rings. The van der Waals surface area contributed by atoms with Gasteiger partial charge in [-0.05, 0) is 53.2 Å². The summed E-state index contributed by atoms with van der Waals surface area (Å²) in [5.41, 5.74) is 8.98. The normalized spacial score (nSPS) is 11.6. The first-order valence-electron chi connectivity index (χ1n) is 16.6. The van der Waals surface area contributed by atoms with Crippen LogP contribution in [0, 0.1) is 0 Å². The monoisotopic (exact) mass is 640 g/mol. The van der Waals surface area contributed by atoms with Crippen LogP contribution in [0.15, 0.2) is 170 Å². The average Bonchev–Trinajstić information content (AvgIpc) is 3.77. The number of imidazole rings is 1. The van der Waals surface area contributed by atoms with Crippen molar-refractivity contribution in [2.24, 2.45) is 0 Å². The summed E-state index contributed by atoms with van der Waals surface area (Å²) in [5, 5.41) is 4.64. The lowest BCUT2D eigenvalue weighted by Crippen LogP contribution is -2.00. The topological polar surface area (TPSA) is 60.9 Å². The molecule has 6 aromatic carbocycles. The second-order valence-corrected chi connectivity index (χ2v) is 12.5. The highest BCUT2D eigenvalue weighted by atomic mass is 15.0. The van der Waals surface area contributed by atoms with E-state index in [1.807, 2.05) is 54.7 Å². The van der Waals surface area contributed by atoms with Crippen LogP contribution in [-0.4, -0.2) is 28.9 Å². The standard InChI is InChI=1S/C44H28N6/c1-3-12-30(13-4-1)42-46-43(33-19-18-29-11-7-8-14-31(29)25-33)48-44(47-42)34-21-23-37-36-22-20-32(38-28-49-24-10-9-17-41(49)45-38)26-39(36)50(40(37)27-34)35-15-5-2-6-16-35/h1-28H. The Kier molecular flexibility index (Phi) is 6.39. The fourth-order valence-corrected chi connectivity index (χ4v) is 6.92. The molecule has 6 nitrogen and oxygen atoms in total. The predicted octanol–water partition coefficient (Wildman–Crippen LogP) is 10.4. The molecule has 50 heavy (non-hydrogen) atoms. The molecule has 0 radical (unpaired) electrons. The lowest BCUT2D eigenvalue weighted by molar-refractivity contribution is 1.07. The third-order valence-corrected chi connectivity index (χ3v) is 9.37. The molecule has 4 aromatic heterocycles. The summed E-state index contributed by atoms with van der Waals surface area (Å²) in [6.07, 6.45) is 4.12. The third kappa shape index (κ3) is 4.73. The zero-order chi connectivity index (χ0) is 33.0. The van der Waals surface area contributed by atoms with Gasteiger partial charge in [0.2, 0.25) is 0 Å². The molecular weight excluding hydrogens is 613 g/mol. The van der Waals surface area contributed by atoms with Gasteiger partial charge >= 0.3 is 0 Å². The van der Waals surface area contributed by atoms with Crippen molar-refractivity contribution in [1.82, 2.24) is 28.9 Å². The van der Waals surface area contributed by atoms with Gasteiger partial charge in [-0.1, -0.05) is 115 Å². The molecule has 0 saturated heterocycles. The van der Waals surface area contributed by atoms with Gasteiger partial charge in [-0.3, -0.25) is 0 Å². The maximum atomic E-state index is 5.10. The highest BCUT2D eigenvalue weighted by Crippen LogP contribution is 2.37. The van der Waals surface area contributed by atoms with Gasteiger partial charge in [0.15, 0.2) is 17.5 Å². The average molecular weight is 641 g/mol. The molecule has 234 valence electrons. The van der Waals surface area contributed by atoms with Crippen LogP contribution in [0.25, 0.3) is 89.3 Å². The van der Waals surface area contributed by atoms with Crippen molar-refractivity contribution in [3.8, 4) is 51.1 Å². The Bertz CT molecular complexity index is 2840. The highest BCUT2D eigenvalue weighted by Gasteiger charge is 2.18. The Morgan fingerprint density at radius 3 is 1.72 bits per heavy atom. The Hall–Kier alpha value is -6.92. The molecule has 0 fully saturated rings. The van der Waals surface area contributed by atoms with E-state index in [1.165, 1.54) is 10.8 Å². The Balaban J connectivity index is 1.19. The van der Waals surface area contributed by atoms with Crippen molar-refractivity contribution in [3.63, 3.8) is 0 Å². The van der Waals surface area contributed by atoms with Crippen LogP contribution in [0.2, 0.25) is 0 Å². The van der Waals surface area contributed by atoms with Crippen LogP contribution in [0.1, 0.15) is 0 Å². The molecule has 0 amide bonds. The summed E-state index contributed by atoms with van der Waals surface area (Å²) in [6.45, 7) is 0. The number of fused-ring (bicyclic) bond motifs is 5. The number of pyridine rings is 1. The zero-order valence-electron chi connectivity index (χ0n) is 26.8. The fourth-order valence-electron chi connectivity index (χ4n) is 6.92. The number of nitrogens with zero attached hydrogens (tertiary/aromatic N) is 6. The number of hydrogen-bond donors (Lipinski definition) is 0. The van der Waals surface area contributed by atoms with Crippen molar-refractivity contribution in [2.75, 3.05) is 0 Å². The van der Waals surface area contributed by atoms with E-state index in [1.54, 1.807) is 0 Å². The van der Waals surface area contributed by atoms with Crippen LogP contribution in [-0.2, 0) is 0 Å². The molecule has 0 unspecified atom stereocenters. The molecule has 0 N–H and O–H groups in total. The van der Waals surface area contributed by atoms with E-state index in [9.17, 15) is 0 Å². The van der Waals surface area contributed by atoms with E-state index in [0.717, 1.165) is 61.1 Å². The maximum Gasteiger partial charge on any atom is 0.164 e. The first kappa shape index (κ1) is 28.1. The highest BCUT2D eigenvalue weighted by molar-refractivity contribution is 6.11. The van der Waals surface area contributed by atoms with E-state index < -0.39 is 0 Å². The Morgan fingerprint density at radius 1 is 0.400 bits per heavy atom. The summed E-state index contributed by atoms with van der Waals surface area (Å²) >= 11 is 0. The van der Waals surface area contributed by atoms with E-state index in [-0.39, 0.29) is 0 Å². The minimum Gasteiger partial charge on any atom is -0.309 e.